The van der Waals surface area contributed by atoms with Crippen molar-refractivity contribution in [2.45, 2.75) is 57.3 Å². The number of carbonyl (C=O) groups excluding carboxylic acids is 1. The number of nitrogens with zero attached hydrogens (tertiary/aromatic N) is 1. The third-order valence-electron chi connectivity index (χ3n) is 5.33. The van der Waals surface area contributed by atoms with Gasteiger partial charge in [-0.3, -0.25) is 14.5 Å². The molecular formula is C24H30ClN3O4S. The van der Waals surface area contributed by atoms with Crippen LogP contribution in [0.1, 0.15) is 56.6 Å². The number of benzene rings is 2. The van der Waals surface area contributed by atoms with Crippen LogP contribution in [0.25, 0.3) is 0 Å². The Morgan fingerprint density at radius 2 is 1.97 bits per heavy atom. The molecule has 2 aromatic carbocycles. The minimum atomic E-state index is -3.79. The Morgan fingerprint density at radius 3 is 2.73 bits per heavy atom. The molecule has 7 nitrogen and oxygen atoms in total. The number of halogens is 1. The molecule has 1 aliphatic rings. The summed E-state index contributed by atoms with van der Waals surface area (Å²) in [6.45, 7) is 6.33. The van der Waals surface area contributed by atoms with Crippen LogP contribution in [0, 0.1) is 6.92 Å². The molecule has 1 aliphatic heterocycles. The van der Waals surface area contributed by atoms with Gasteiger partial charge in [0.05, 0.1) is 4.90 Å². The zero-order valence-corrected chi connectivity index (χ0v) is 20.7. The van der Waals surface area contributed by atoms with E-state index >= 15 is 0 Å². The zero-order valence-electron chi connectivity index (χ0n) is 19.2. The number of hydrogen-bond donors (Lipinski definition) is 2. The van der Waals surface area contributed by atoms with E-state index in [1.807, 2.05) is 32.9 Å². The average Bonchev–Trinajstić information content (AvgIpc) is 3.02. The van der Waals surface area contributed by atoms with E-state index in [9.17, 15) is 13.2 Å². The molecule has 0 unspecified atom stereocenters. The molecule has 0 spiro atoms. The summed E-state index contributed by atoms with van der Waals surface area (Å²) in [4.78, 5) is 16.9. The predicted molar refractivity (Wildman–Crippen MR) is 132 cm³/mol. The van der Waals surface area contributed by atoms with Crippen LogP contribution in [-0.2, 0) is 14.8 Å². The highest BCUT2D eigenvalue weighted by molar-refractivity contribution is 7.90. The molecular weight excluding hydrogens is 462 g/mol. The summed E-state index contributed by atoms with van der Waals surface area (Å²) in [5.41, 5.74) is 2.14. The van der Waals surface area contributed by atoms with E-state index in [0.717, 1.165) is 30.4 Å². The van der Waals surface area contributed by atoms with Crippen LogP contribution in [0.3, 0.4) is 0 Å². The first kappa shape index (κ1) is 25.1. The number of ether oxygens (including phenoxy) is 1. The zero-order chi connectivity index (χ0) is 24.0. The first-order valence-electron chi connectivity index (χ1n) is 11.0. The Hall–Kier alpha value is -2.58. The van der Waals surface area contributed by atoms with Crippen LogP contribution in [-0.4, -0.2) is 33.3 Å². The summed E-state index contributed by atoms with van der Waals surface area (Å²) in [5, 5.41) is 3.35. The van der Waals surface area contributed by atoms with Crippen LogP contribution in [0.2, 0.25) is 5.02 Å². The fourth-order valence-electron chi connectivity index (χ4n) is 3.50. The largest absolute Gasteiger partial charge is 0.483 e. The van der Waals surface area contributed by atoms with Crippen molar-refractivity contribution in [3.05, 3.63) is 52.5 Å². The predicted octanol–water partition coefficient (Wildman–Crippen LogP) is 5.04. The van der Waals surface area contributed by atoms with Crippen molar-refractivity contribution in [2.75, 3.05) is 18.5 Å². The van der Waals surface area contributed by atoms with E-state index in [-0.39, 0.29) is 17.4 Å². The van der Waals surface area contributed by atoms with Gasteiger partial charge >= 0.3 is 0 Å². The molecule has 0 aliphatic carbocycles. The van der Waals surface area contributed by atoms with Crippen LogP contribution < -0.4 is 14.8 Å². The van der Waals surface area contributed by atoms with Gasteiger partial charge in [0.1, 0.15) is 11.6 Å². The van der Waals surface area contributed by atoms with Crippen molar-refractivity contribution in [1.29, 1.82) is 0 Å². The molecule has 1 heterocycles. The molecule has 33 heavy (non-hydrogen) atoms. The SMILES string of the molecule is Cc1cc(OCC(=O)Nc2cccc(S(=O)(=O)NC3=NCCCCC3)c2)c(C(C)C)cc1Cl. The smallest absolute Gasteiger partial charge is 0.262 e. The van der Waals surface area contributed by atoms with Crippen molar-refractivity contribution < 1.29 is 17.9 Å². The lowest BCUT2D eigenvalue weighted by Gasteiger charge is -2.16. The Morgan fingerprint density at radius 1 is 1.18 bits per heavy atom. The summed E-state index contributed by atoms with van der Waals surface area (Å²) >= 11 is 6.22. The lowest BCUT2D eigenvalue weighted by atomic mass is 10.0. The maximum atomic E-state index is 12.8. The number of amides is 1. The fraction of sp³-hybridized carbons (Fsp3) is 0.417. The standard InChI is InChI=1S/C24H30ClN3O4S/c1-16(2)20-14-21(25)17(3)12-22(20)32-15-24(29)27-18-8-7-9-19(13-18)33(30,31)28-23-10-5-4-6-11-26-23/h7-9,12-14,16H,4-6,10-11,15H2,1-3H3,(H,26,28)(H,27,29). The van der Waals surface area contributed by atoms with Crippen molar-refractivity contribution >= 4 is 39.1 Å². The summed E-state index contributed by atoms with van der Waals surface area (Å²) in [6.07, 6.45) is 3.51. The monoisotopic (exact) mass is 491 g/mol. The molecule has 0 fully saturated rings. The number of sulfonamides is 1. The molecule has 0 aromatic heterocycles. The first-order valence-corrected chi connectivity index (χ1v) is 12.9. The summed E-state index contributed by atoms with van der Waals surface area (Å²) < 4.78 is 33.9. The number of aliphatic imine (C=N–C) groups is 1. The number of carbonyl (C=O) groups is 1. The second-order valence-corrected chi connectivity index (χ2v) is 10.5. The lowest BCUT2D eigenvalue weighted by molar-refractivity contribution is -0.118. The van der Waals surface area contributed by atoms with Gasteiger partial charge in [0.15, 0.2) is 6.61 Å². The van der Waals surface area contributed by atoms with E-state index in [4.69, 9.17) is 16.3 Å². The minimum absolute atomic E-state index is 0.0589. The van der Waals surface area contributed by atoms with E-state index in [1.54, 1.807) is 12.1 Å². The molecule has 0 saturated heterocycles. The topological polar surface area (TPSA) is 96.9 Å². The maximum Gasteiger partial charge on any atom is 0.262 e. The number of rotatable bonds is 7. The van der Waals surface area contributed by atoms with Crippen molar-refractivity contribution in [3.63, 3.8) is 0 Å². The minimum Gasteiger partial charge on any atom is -0.483 e. The van der Waals surface area contributed by atoms with Gasteiger partial charge < -0.3 is 10.1 Å². The second kappa shape index (κ2) is 11.0. The van der Waals surface area contributed by atoms with Crippen LogP contribution in [0.4, 0.5) is 5.69 Å². The van der Waals surface area contributed by atoms with Crippen LogP contribution >= 0.6 is 11.6 Å². The lowest BCUT2D eigenvalue weighted by Crippen LogP contribution is -2.30. The normalized spacial score (nSPS) is 14.4. The van der Waals surface area contributed by atoms with Gasteiger partial charge in [-0.2, -0.15) is 0 Å². The van der Waals surface area contributed by atoms with Gasteiger partial charge in [-0.05, 0) is 67.1 Å². The summed E-state index contributed by atoms with van der Waals surface area (Å²) in [7, 11) is -3.79. The Balaban J connectivity index is 1.66. The summed E-state index contributed by atoms with van der Waals surface area (Å²) in [5.74, 6) is 0.864. The van der Waals surface area contributed by atoms with Crippen molar-refractivity contribution in [2.24, 2.45) is 4.99 Å². The fourth-order valence-corrected chi connectivity index (χ4v) is 4.81. The van der Waals surface area contributed by atoms with E-state index in [2.05, 4.69) is 15.0 Å². The number of aryl methyl sites for hydroxylation is 1. The van der Waals surface area contributed by atoms with Gasteiger partial charge in [-0.15, -0.1) is 0 Å². The highest BCUT2D eigenvalue weighted by atomic mass is 35.5. The first-order chi connectivity index (χ1) is 15.7. The van der Waals surface area contributed by atoms with Crippen molar-refractivity contribution in [1.82, 2.24) is 4.72 Å². The Kier molecular flexibility index (Phi) is 8.37. The molecule has 0 atom stereocenters. The van der Waals surface area contributed by atoms with Gasteiger partial charge in [0, 0.05) is 23.7 Å². The van der Waals surface area contributed by atoms with Crippen LogP contribution in [0.15, 0.2) is 46.3 Å². The van der Waals surface area contributed by atoms with Crippen molar-refractivity contribution in [3.8, 4) is 5.75 Å². The summed E-state index contributed by atoms with van der Waals surface area (Å²) in [6, 6.07) is 9.79. The average molecular weight is 492 g/mol. The van der Waals surface area contributed by atoms with Gasteiger partial charge in [0.25, 0.3) is 15.9 Å². The molecule has 3 rings (SSSR count). The second-order valence-electron chi connectivity index (χ2n) is 8.40. The Bertz CT molecular complexity index is 1150. The number of anilines is 1. The number of amidine groups is 1. The number of hydrogen-bond acceptors (Lipinski definition) is 5. The molecule has 1 amide bonds. The molecule has 2 aromatic rings. The van der Waals surface area contributed by atoms with E-state index in [0.29, 0.717) is 35.3 Å². The van der Waals surface area contributed by atoms with Gasteiger partial charge in [-0.1, -0.05) is 37.9 Å². The molecule has 0 bridgehead atoms. The van der Waals surface area contributed by atoms with E-state index < -0.39 is 15.9 Å². The molecule has 9 heteroatoms. The van der Waals surface area contributed by atoms with E-state index in [1.165, 1.54) is 12.1 Å². The molecule has 0 radical (unpaired) electrons. The number of nitrogens with one attached hydrogen (secondary N) is 2. The maximum absolute atomic E-state index is 12.8. The molecule has 178 valence electrons. The molecule has 0 saturated carbocycles. The third kappa shape index (κ3) is 6.95. The molecule has 2 N–H and O–H groups in total. The van der Waals surface area contributed by atoms with Gasteiger partial charge in [-0.25, -0.2) is 8.42 Å². The van der Waals surface area contributed by atoms with Crippen LogP contribution in [0.5, 0.6) is 5.75 Å². The van der Waals surface area contributed by atoms with Gasteiger partial charge in [0.2, 0.25) is 0 Å². The Labute approximate surface area is 200 Å². The highest BCUT2D eigenvalue weighted by Gasteiger charge is 2.18. The quantitative estimate of drug-likeness (QED) is 0.567. The highest BCUT2D eigenvalue weighted by Crippen LogP contribution is 2.32. The third-order valence-corrected chi connectivity index (χ3v) is 7.11.